The molecule has 7 heteroatoms. The van der Waals surface area contributed by atoms with E-state index < -0.39 is 5.41 Å². The van der Waals surface area contributed by atoms with Crippen LogP contribution in [-0.2, 0) is 15.0 Å². The van der Waals surface area contributed by atoms with Crippen LogP contribution in [0.25, 0.3) is 0 Å². The lowest BCUT2D eigenvalue weighted by molar-refractivity contribution is -0.130. The van der Waals surface area contributed by atoms with Crippen molar-refractivity contribution in [1.29, 1.82) is 0 Å². The molecule has 2 saturated heterocycles. The summed E-state index contributed by atoms with van der Waals surface area (Å²) in [6.45, 7) is 9.15. The molecule has 4 rings (SSSR count). The summed E-state index contributed by atoms with van der Waals surface area (Å²) >= 11 is 0. The van der Waals surface area contributed by atoms with Crippen LogP contribution < -0.4 is 10.6 Å². The molecule has 0 bridgehead atoms. The van der Waals surface area contributed by atoms with Crippen molar-refractivity contribution in [2.75, 3.05) is 33.2 Å². The normalized spacial score (nSPS) is 22.2. The summed E-state index contributed by atoms with van der Waals surface area (Å²) in [6.07, 6.45) is 3.18. The first-order valence-corrected chi connectivity index (χ1v) is 12.7. The quantitative estimate of drug-likeness (QED) is 0.612. The highest BCUT2D eigenvalue weighted by Crippen LogP contribution is 2.37. The molecule has 2 aliphatic rings. The van der Waals surface area contributed by atoms with Crippen molar-refractivity contribution in [2.24, 2.45) is 5.92 Å². The molecule has 2 N–H and O–H groups in total. The average Bonchev–Trinajstić information content (AvgIpc) is 2.85. The van der Waals surface area contributed by atoms with Gasteiger partial charge in [0.25, 0.3) is 0 Å². The molecule has 0 aliphatic carbocycles. The maximum atomic E-state index is 14.3. The number of carbonyl (C=O) groups excluding carboxylic acids is 2. The van der Waals surface area contributed by atoms with E-state index >= 15 is 0 Å². The molecule has 0 spiro atoms. The average molecular weight is 500 g/mol. The first-order valence-electron chi connectivity index (χ1n) is 12.7. The largest absolute Gasteiger partial charge is 0.351 e. The predicted molar refractivity (Wildman–Crippen MR) is 139 cm³/mol. The number of likely N-dealkylation sites (tertiary alicyclic amines) is 1. The zero-order valence-corrected chi connectivity index (χ0v) is 21.8. The molecule has 2 atom stereocenters. The summed E-state index contributed by atoms with van der Waals surface area (Å²) < 4.78 is 27.1. The van der Waals surface area contributed by atoms with E-state index in [1.54, 1.807) is 24.3 Å². The maximum Gasteiger partial charge on any atom is 0.231 e. The standard InChI is InChI=1S/C17H25FN2O.C12H14FNO/c1-16(2,3)19-15(21)17(9-11-20(4)12-10-17)13-7-5-6-8-14(13)18;13-11-3-1-9(2-4-11)12-7-14-6-5-10(12)8-15/h5-8H,9-12H2,1-4H3,(H,19,21);1-4,8,10,12,14H,5-7H2/t;10-,12-/m.0/s1. The van der Waals surface area contributed by atoms with Crippen molar-refractivity contribution in [3.63, 3.8) is 0 Å². The second-order valence-corrected chi connectivity index (χ2v) is 11.0. The lowest BCUT2D eigenvalue weighted by Crippen LogP contribution is -2.55. The number of rotatable bonds is 4. The van der Waals surface area contributed by atoms with E-state index in [0.717, 1.165) is 44.4 Å². The topological polar surface area (TPSA) is 61.4 Å². The molecule has 2 aromatic carbocycles. The molecule has 2 aliphatic heterocycles. The van der Waals surface area contributed by atoms with Crippen molar-refractivity contribution >= 4 is 12.2 Å². The number of piperidine rings is 2. The van der Waals surface area contributed by atoms with Gasteiger partial charge in [0.15, 0.2) is 0 Å². The molecular formula is C29H39F2N3O2. The van der Waals surface area contributed by atoms with Gasteiger partial charge in [0.2, 0.25) is 5.91 Å². The molecule has 2 heterocycles. The lowest BCUT2D eigenvalue weighted by atomic mass is 9.71. The van der Waals surface area contributed by atoms with Crippen LogP contribution in [0.4, 0.5) is 8.78 Å². The minimum absolute atomic E-state index is 0.0619. The number of aldehydes is 1. The van der Waals surface area contributed by atoms with Crippen LogP contribution in [0.3, 0.4) is 0 Å². The van der Waals surface area contributed by atoms with Crippen LogP contribution in [0.1, 0.15) is 57.1 Å². The number of nitrogens with one attached hydrogen (secondary N) is 2. The Labute approximate surface area is 213 Å². The number of halogens is 2. The minimum Gasteiger partial charge on any atom is -0.351 e. The molecule has 1 amide bonds. The van der Waals surface area contributed by atoms with Crippen LogP contribution >= 0.6 is 0 Å². The Morgan fingerprint density at radius 1 is 1.08 bits per heavy atom. The van der Waals surface area contributed by atoms with Crippen molar-refractivity contribution < 1.29 is 18.4 Å². The molecule has 0 aromatic heterocycles. The molecular weight excluding hydrogens is 460 g/mol. The Kier molecular flexibility index (Phi) is 9.36. The Morgan fingerprint density at radius 2 is 1.72 bits per heavy atom. The third-order valence-corrected chi connectivity index (χ3v) is 7.16. The van der Waals surface area contributed by atoms with Gasteiger partial charge in [-0.3, -0.25) is 4.79 Å². The SMILES string of the molecule is CN1CCC(C(=O)NC(C)(C)C)(c2ccccc2F)CC1.O=C[C@@H]1CCNC[C@H]1c1ccc(F)cc1. The Hall–Kier alpha value is -2.64. The third kappa shape index (κ3) is 6.98. The van der Waals surface area contributed by atoms with Crippen LogP contribution in [0.2, 0.25) is 0 Å². The first-order chi connectivity index (χ1) is 17.1. The predicted octanol–water partition coefficient (Wildman–Crippen LogP) is 4.42. The van der Waals surface area contributed by atoms with E-state index in [9.17, 15) is 18.4 Å². The smallest absolute Gasteiger partial charge is 0.231 e. The van der Waals surface area contributed by atoms with Gasteiger partial charge in [0, 0.05) is 29.5 Å². The van der Waals surface area contributed by atoms with E-state index in [1.165, 1.54) is 18.2 Å². The number of nitrogens with zero attached hydrogens (tertiary/aromatic N) is 1. The summed E-state index contributed by atoms with van der Waals surface area (Å²) in [7, 11) is 2.03. The van der Waals surface area contributed by atoms with Crippen LogP contribution in [0, 0.1) is 17.6 Å². The van der Waals surface area contributed by atoms with Gasteiger partial charge in [-0.2, -0.15) is 0 Å². The fourth-order valence-electron chi connectivity index (χ4n) is 5.05. The molecule has 0 unspecified atom stereocenters. The van der Waals surface area contributed by atoms with E-state index in [2.05, 4.69) is 15.5 Å². The van der Waals surface area contributed by atoms with Crippen LogP contribution in [0.15, 0.2) is 48.5 Å². The molecule has 196 valence electrons. The van der Waals surface area contributed by atoms with Crippen molar-refractivity contribution in [3.05, 3.63) is 71.3 Å². The van der Waals surface area contributed by atoms with Gasteiger partial charge >= 0.3 is 0 Å². The fourth-order valence-corrected chi connectivity index (χ4v) is 5.05. The number of hydrogen-bond acceptors (Lipinski definition) is 4. The molecule has 2 aromatic rings. The van der Waals surface area contributed by atoms with Crippen LogP contribution in [0.5, 0.6) is 0 Å². The Balaban J connectivity index is 0.000000212. The first kappa shape index (κ1) is 27.9. The summed E-state index contributed by atoms with van der Waals surface area (Å²) in [5.74, 6) is -0.321. The second-order valence-electron chi connectivity index (χ2n) is 11.0. The fraction of sp³-hybridized carbons (Fsp3) is 0.517. The highest BCUT2D eigenvalue weighted by Gasteiger charge is 2.44. The highest BCUT2D eigenvalue weighted by atomic mass is 19.1. The number of amides is 1. The van der Waals surface area contributed by atoms with Crippen molar-refractivity contribution in [3.8, 4) is 0 Å². The van der Waals surface area contributed by atoms with Gasteiger partial charge in [-0.15, -0.1) is 0 Å². The number of benzene rings is 2. The van der Waals surface area contributed by atoms with Gasteiger partial charge in [-0.05, 0) is 90.5 Å². The zero-order valence-electron chi connectivity index (χ0n) is 21.8. The molecule has 0 saturated carbocycles. The Morgan fingerprint density at radius 3 is 2.31 bits per heavy atom. The lowest BCUT2D eigenvalue weighted by Gasteiger charge is -2.41. The summed E-state index contributed by atoms with van der Waals surface area (Å²) in [4.78, 5) is 26.0. The molecule has 2 fully saturated rings. The monoisotopic (exact) mass is 499 g/mol. The van der Waals surface area contributed by atoms with E-state index in [4.69, 9.17) is 0 Å². The molecule has 0 radical (unpaired) electrons. The summed E-state index contributed by atoms with van der Waals surface area (Å²) in [5, 5.41) is 6.31. The van der Waals surface area contributed by atoms with E-state index in [0.29, 0.717) is 18.4 Å². The van der Waals surface area contributed by atoms with Crippen LogP contribution in [-0.4, -0.2) is 55.9 Å². The number of hydrogen-bond donors (Lipinski definition) is 2. The second kappa shape index (κ2) is 12.1. The minimum atomic E-state index is -0.759. The zero-order chi connectivity index (χ0) is 26.3. The number of carbonyl (C=O) groups is 2. The van der Waals surface area contributed by atoms with Gasteiger partial charge in [-0.25, -0.2) is 8.78 Å². The third-order valence-electron chi connectivity index (χ3n) is 7.16. The highest BCUT2D eigenvalue weighted by molar-refractivity contribution is 5.89. The Bertz CT molecular complexity index is 1010. The van der Waals surface area contributed by atoms with Gasteiger partial charge in [-0.1, -0.05) is 30.3 Å². The summed E-state index contributed by atoms with van der Waals surface area (Å²) in [5.41, 5.74) is 0.490. The van der Waals surface area contributed by atoms with Gasteiger partial charge < -0.3 is 20.3 Å². The molecule has 36 heavy (non-hydrogen) atoms. The maximum absolute atomic E-state index is 14.3. The van der Waals surface area contributed by atoms with Crippen molar-refractivity contribution in [2.45, 2.75) is 56.9 Å². The van der Waals surface area contributed by atoms with E-state index in [-0.39, 0.29) is 34.9 Å². The van der Waals surface area contributed by atoms with Gasteiger partial charge in [0.1, 0.15) is 17.9 Å². The van der Waals surface area contributed by atoms with E-state index in [1.807, 2.05) is 33.9 Å². The molecule has 5 nitrogen and oxygen atoms in total. The summed E-state index contributed by atoms with van der Waals surface area (Å²) in [6, 6.07) is 13.1. The van der Waals surface area contributed by atoms with Crippen molar-refractivity contribution in [1.82, 2.24) is 15.5 Å². The van der Waals surface area contributed by atoms with Gasteiger partial charge in [0.05, 0.1) is 5.41 Å².